The van der Waals surface area contributed by atoms with Gasteiger partial charge in [0.15, 0.2) is 0 Å². The molecule has 2 N–H and O–H groups in total. The molecule has 0 saturated carbocycles. The highest BCUT2D eigenvalue weighted by Gasteiger charge is 2.28. The molecule has 158 valence electrons. The van der Waals surface area contributed by atoms with Crippen molar-refractivity contribution in [3.63, 3.8) is 0 Å². The van der Waals surface area contributed by atoms with Crippen molar-refractivity contribution in [1.82, 2.24) is 20.0 Å². The number of likely N-dealkylation sites (tertiary alicyclic amines) is 1. The van der Waals surface area contributed by atoms with Crippen LogP contribution in [0.5, 0.6) is 0 Å². The quantitative estimate of drug-likeness (QED) is 0.645. The van der Waals surface area contributed by atoms with Gasteiger partial charge in [0.1, 0.15) is 5.69 Å². The van der Waals surface area contributed by atoms with Gasteiger partial charge in [0.2, 0.25) is 5.91 Å². The van der Waals surface area contributed by atoms with Crippen molar-refractivity contribution in [2.45, 2.75) is 19.4 Å². The van der Waals surface area contributed by atoms with Gasteiger partial charge in [0, 0.05) is 42.6 Å². The van der Waals surface area contributed by atoms with Gasteiger partial charge in [-0.2, -0.15) is 5.10 Å². The van der Waals surface area contributed by atoms with E-state index < -0.39 is 0 Å². The zero-order chi connectivity index (χ0) is 22.0. The van der Waals surface area contributed by atoms with Crippen molar-refractivity contribution >= 4 is 28.4 Å². The Balaban J connectivity index is 1.62. The molecule has 1 fully saturated rings. The Bertz CT molecular complexity index is 1200. The van der Waals surface area contributed by atoms with Crippen LogP contribution in [-0.2, 0) is 4.79 Å². The third kappa shape index (κ3) is 4.44. The second-order valence-electron chi connectivity index (χ2n) is 7.97. The predicted octanol–water partition coefficient (Wildman–Crippen LogP) is 2.70. The number of likely N-dealkylation sites (N-methyl/N-ethyl adjacent to an activating group) is 1. The number of carbonyl (C=O) groups excluding carboxylic acids is 2. The van der Waals surface area contributed by atoms with Crippen molar-refractivity contribution in [3.05, 3.63) is 59.3 Å². The van der Waals surface area contributed by atoms with E-state index in [9.17, 15) is 9.59 Å². The summed E-state index contributed by atoms with van der Waals surface area (Å²) in [5.41, 5.74) is 3.38. The van der Waals surface area contributed by atoms with Crippen molar-refractivity contribution < 1.29 is 9.59 Å². The maximum absolute atomic E-state index is 13.0. The fourth-order valence-corrected chi connectivity index (χ4v) is 3.79. The van der Waals surface area contributed by atoms with Gasteiger partial charge < -0.3 is 15.1 Å². The minimum absolute atomic E-state index is 0.0300. The van der Waals surface area contributed by atoms with Crippen LogP contribution in [0.25, 0.3) is 10.9 Å². The number of hydrogen-bond acceptors (Lipinski definition) is 4. The van der Waals surface area contributed by atoms with Crippen LogP contribution in [0.15, 0.2) is 42.5 Å². The molecular weight excluding hydrogens is 390 g/mol. The lowest BCUT2D eigenvalue weighted by molar-refractivity contribution is -0.114. The number of nitrogens with zero attached hydrogens (tertiary/aromatic N) is 3. The van der Waals surface area contributed by atoms with Gasteiger partial charge in [-0.1, -0.05) is 18.1 Å². The number of para-hydroxylation sites is 1. The maximum atomic E-state index is 13.0. The molecule has 3 aromatic rings. The zero-order valence-corrected chi connectivity index (χ0v) is 17.9. The topological polar surface area (TPSA) is 81.3 Å². The van der Waals surface area contributed by atoms with Gasteiger partial charge in [-0.25, -0.2) is 0 Å². The Morgan fingerprint density at radius 3 is 2.74 bits per heavy atom. The number of fused-ring (bicyclic) bond motifs is 1. The van der Waals surface area contributed by atoms with Gasteiger partial charge in [0.25, 0.3) is 5.91 Å². The lowest BCUT2D eigenvalue weighted by Gasteiger charge is -2.20. The first kappa shape index (κ1) is 20.6. The summed E-state index contributed by atoms with van der Waals surface area (Å²) in [6.07, 6.45) is 0.983. The fraction of sp³-hybridized carbons (Fsp3) is 0.292. The Labute approximate surface area is 181 Å². The molecule has 31 heavy (non-hydrogen) atoms. The first-order valence-corrected chi connectivity index (χ1v) is 10.2. The first-order valence-electron chi connectivity index (χ1n) is 10.2. The van der Waals surface area contributed by atoms with Crippen LogP contribution in [0.4, 0.5) is 5.69 Å². The molecule has 2 amide bonds. The Morgan fingerprint density at radius 2 is 2.00 bits per heavy atom. The van der Waals surface area contributed by atoms with Crippen molar-refractivity contribution in [1.29, 1.82) is 0 Å². The van der Waals surface area contributed by atoms with E-state index in [2.05, 4.69) is 32.3 Å². The van der Waals surface area contributed by atoms with Gasteiger partial charge >= 0.3 is 0 Å². The summed E-state index contributed by atoms with van der Waals surface area (Å²) >= 11 is 0. The molecular formula is C24H25N5O2. The van der Waals surface area contributed by atoms with E-state index in [1.807, 2.05) is 61.5 Å². The monoisotopic (exact) mass is 415 g/mol. The van der Waals surface area contributed by atoms with Crippen LogP contribution < -0.4 is 5.32 Å². The third-order valence-corrected chi connectivity index (χ3v) is 5.54. The molecule has 1 saturated heterocycles. The van der Waals surface area contributed by atoms with Crippen molar-refractivity contribution in [3.8, 4) is 11.8 Å². The van der Waals surface area contributed by atoms with Gasteiger partial charge in [0.05, 0.1) is 11.2 Å². The fourth-order valence-electron chi connectivity index (χ4n) is 3.79. The normalized spacial score (nSPS) is 15.7. The molecule has 0 unspecified atom stereocenters. The third-order valence-electron chi connectivity index (χ3n) is 5.54. The average molecular weight is 415 g/mol. The number of benzene rings is 2. The van der Waals surface area contributed by atoms with E-state index in [4.69, 9.17) is 0 Å². The number of aromatic nitrogens is 2. The standard InChI is InChI=1S/C24H25N5O2/c1-16(30)25-21-7-5-4-6-17(21)8-10-22-20-14-18(9-11-23(20)27-26-22)24(31)29-13-12-19(15-29)28(2)3/h4-7,9,11,14,19H,12-13,15H2,1-3H3,(H,25,30)(H,26,27)/t19-/m0/s1. The molecule has 7 nitrogen and oxygen atoms in total. The number of carbonyl (C=O) groups is 2. The smallest absolute Gasteiger partial charge is 0.253 e. The number of hydrogen-bond donors (Lipinski definition) is 2. The summed E-state index contributed by atoms with van der Waals surface area (Å²) in [4.78, 5) is 28.5. The molecule has 0 aliphatic carbocycles. The second kappa shape index (κ2) is 8.62. The molecule has 2 aromatic carbocycles. The van der Waals surface area contributed by atoms with Crippen LogP contribution in [0.1, 0.15) is 35.0 Å². The minimum atomic E-state index is -0.152. The van der Waals surface area contributed by atoms with Gasteiger partial charge in [-0.3, -0.25) is 14.7 Å². The SMILES string of the molecule is CC(=O)Nc1ccccc1C#Cc1n[nH]c2ccc(C(=O)N3CC[C@H](N(C)C)C3)cc12. The molecule has 4 rings (SSSR count). The molecule has 0 spiro atoms. The number of aromatic amines is 1. The highest BCUT2D eigenvalue weighted by atomic mass is 16.2. The highest BCUT2D eigenvalue weighted by molar-refractivity contribution is 5.99. The van der Waals surface area contributed by atoms with Gasteiger partial charge in [-0.05, 0) is 56.8 Å². The van der Waals surface area contributed by atoms with Crippen LogP contribution in [-0.4, -0.2) is 65.0 Å². The summed E-state index contributed by atoms with van der Waals surface area (Å²) < 4.78 is 0. The average Bonchev–Trinajstić information content (AvgIpc) is 3.39. The second-order valence-corrected chi connectivity index (χ2v) is 7.97. The number of H-pyrrole nitrogens is 1. The van der Waals surface area contributed by atoms with Crippen molar-refractivity contribution in [2.24, 2.45) is 0 Å². The highest BCUT2D eigenvalue weighted by Crippen LogP contribution is 2.21. The first-order chi connectivity index (χ1) is 14.9. The Morgan fingerprint density at radius 1 is 1.19 bits per heavy atom. The van der Waals surface area contributed by atoms with Gasteiger partial charge in [-0.15, -0.1) is 0 Å². The predicted molar refractivity (Wildman–Crippen MR) is 121 cm³/mol. The molecule has 1 aliphatic rings. The lowest BCUT2D eigenvalue weighted by Crippen LogP contribution is -2.34. The lowest BCUT2D eigenvalue weighted by atomic mass is 10.1. The molecule has 1 aliphatic heterocycles. The molecule has 2 heterocycles. The number of nitrogens with one attached hydrogen (secondary N) is 2. The molecule has 1 atom stereocenters. The molecule has 0 bridgehead atoms. The zero-order valence-electron chi connectivity index (χ0n) is 17.9. The Hall–Kier alpha value is -3.63. The summed E-state index contributed by atoms with van der Waals surface area (Å²) in [6.45, 7) is 2.96. The van der Waals surface area contributed by atoms with E-state index in [1.54, 1.807) is 0 Å². The van der Waals surface area contributed by atoms with Crippen LogP contribution in [0, 0.1) is 11.8 Å². The van der Waals surface area contributed by atoms with E-state index in [1.165, 1.54) is 6.92 Å². The number of amides is 2. The molecule has 7 heteroatoms. The van der Waals surface area contributed by atoms with E-state index in [0.29, 0.717) is 28.6 Å². The summed E-state index contributed by atoms with van der Waals surface area (Å²) in [7, 11) is 4.09. The van der Waals surface area contributed by atoms with E-state index in [0.717, 1.165) is 30.4 Å². The Kier molecular flexibility index (Phi) is 5.74. The molecule has 0 radical (unpaired) electrons. The van der Waals surface area contributed by atoms with E-state index in [-0.39, 0.29) is 11.8 Å². The number of rotatable bonds is 3. The summed E-state index contributed by atoms with van der Waals surface area (Å²) in [5, 5.41) is 10.9. The van der Waals surface area contributed by atoms with Crippen LogP contribution in [0.3, 0.4) is 0 Å². The van der Waals surface area contributed by atoms with Crippen molar-refractivity contribution in [2.75, 3.05) is 32.5 Å². The summed E-state index contributed by atoms with van der Waals surface area (Å²) in [5.74, 6) is 6.05. The summed E-state index contributed by atoms with van der Waals surface area (Å²) in [6, 6.07) is 13.3. The van der Waals surface area contributed by atoms with E-state index >= 15 is 0 Å². The minimum Gasteiger partial charge on any atom is -0.337 e. The maximum Gasteiger partial charge on any atom is 0.253 e. The van der Waals surface area contributed by atoms with Crippen LogP contribution >= 0.6 is 0 Å². The van der Waals surface area contributed by atoms with Crippen LogP contribution in [0.2, 0.25) is 0 Å². The number of anilines is 1. The largest absolute Gasteiger partial charge is 0.337 e. The molecule has 1 aromatic heterocycles.